The van der Waals surface area contributed by atoms with Gasteiger partial charge in [0.05, 0.1) is 13.0 Å². The Labute approximate surface area is 93.7 Å². The first-order valence-electron chi connectivity index (χ1n) is 4.97. The highest BCUT2D eigenvalue weighted by Crippen LogP contribution is 2.21. The zero-order valence-corrected chi connectivity index (χ0v) is 8.94. The van der Waals surface area contributed by atoms with Crippen molar-refractivity contribution in [3.8, 4) is 0 Å². The molecule has 1 fully saturated rings. The molecule has 0 bridgehead atoms. The van der Waals surface area contributed by atoms with Crippen molar-refractivity contribution in [3.05, 3.63) is 25.0 Å². The molecule has 0 N–H and O–H groups in total. The Hall–Kier alpha value is -1.78. The van der Waals surface area contributed by atoms with Crippen LogP contribution in [0.15, 0.2) is 25.0 Å². The highest BCUT2D eigenvalue weighted by Gasteiger charge is 2.29. The van der Waals surface area contributed by atoms with Crippen LogP contribution in [-0.2, 0) is 19.0 Å². The number of rotatable bonds is 6. The van der Waals surface area contributed by atoms with Crippen LogP contribution >= 0.6 is 0 Å². The summed E-state index contributed by atoms with van der Waals surface area (Å²) in [7, 11) is 0. The van der Waals surface area contributed by atoms with Crippen LogP contribution in [0.25, 0.3) is 0 Å². The minimum Gasteiger partial charge on any atom is -0.465 e. The van der Waals surface area contributed by atoms with Crippen molar-refractivity contribution in [3.63, 3.8) is 0 Å². The van der Waals surface area contributed by atoms with E-state index in [9.17, 15) is 9.59 Å². The lowest BCUT2D eigenvalue weighted by Crippen LogP contribution is -2.11. The van der Waals surface area contributed by atoms with Crippen LogP contribution in [0.1, 0.15) is 19.3 Å². The van der Waals surface area contributed by atoms with Crippen LogP contribution in [0.5, 0.6) is 0 Å². The number of esters is 1. The Bertz CT molecular complexity index is 307. The average molecular weight is 226 g/mol. The first-order valence-corrected chi connectivity index (χ1v) is 4.97. The second kappa shape index (κ2) is 5.95. The Morgan fingerprint density at radius 2 is 2.31 bits per heavy atom. The van der Waals surface area contributed by atoms with E-state index in [0.29, 0.717) is 18.6 Å². The molecular formula is C11H14O5. The van der Waals surface area contributed by atoms with Crippen molar-refractivity contribution in [1.82, 2.24) is 0 Å². The van der Waals surface area contributed by atoms with Gasteiger partial charge in [0.15, 0.2) is 6.10 Å². The van der Waals surface area contributed by atoms with E-state index in [0.717, 1.165) is 0 Å². The first kappa shape index (κ1) is 12.3. The molecule has 88 valence electrons. The van der Waals surface area contributed by atoms with Crippen LogP contribution in [0.2, 0.25) is 0 Å². The number of cyclic esters (lactones) is 2. The lowest BCUT2D eigenvalue weighted by Gasteiger charge is -2.07. The highest BCUT2D eigenvalue weighted by molar-refractivity contribution is 5.70. The smallest absolute Gasteiger partial charge is 0.465 e. The molecule has 5 heteroatoms. The van der Waals surface area contributed by atoms with Gasteiger partial charge in [-0.2, -0.15) is 0 Å². The van der Waals surface area contributed by atoms with E-state index in [1.807, 2.05) is 0 Å². The molecule has 0 aliphatic carbocycles. The molecule has 1 rings (SSSR count). The van der Waals surface area contributed by atoms with E-state index in [2.05, 4.69) is 17.9 Å². The molecule has 1 unspecified atom stereocenters. The molecule has 1 atom stereocenters. The minimum atomic E-state index is -0.723. The number of carbonyl (C=O) groups is 2. The molecular weight excluding hydrogens is 212 g/mol. The Kier molecular flexibility index (Phi) is 4.57. The summed E-state index contributed by atoms with van der Waals surface area (Å²) in [6, 6.07) is 0. The molecule has 0 saturated carbocycles. The largest absolute Gasteiger partial charge is 0.514 e. The minimum absolute atomic E-state index is 0.203. The average Bonchev–Trinajstić information content (AvgIpc) is 2.53. The van der Waals surface area contributed by atoms with Crippen LogP contribution in [0, 0.1) is 0 Å². The van der Waals surface area contributed by atoms with Crippen LogP contribution < -0.4 is 0 Å². The van der Waals surface area contributed by atoms with Gasteiger partial charge < -0.3 is 14.2 Å². The molecule has 0 amide bonds. The molecule has 0 aromatic heterocycles. The van der Waals surface area contributed by atoms with E-state index < -0.39 is 12.3 Å². The zero-order valence-electron chi connectivity index (χ0n) is 8.94. The highest BCUT2D eigenvalue weighted by atomic mass is 16.8. The quantitative estimate of drug-likeness (QED) is 0.393. The van der Waals surface area contributed by atoms with E-state index in [4.69, 9.17) is 9.47 Å². The summed E-state index contributed by atoms with van der Waals surface area (Å²) in [5, 5.41) is 0. The maximum absolute atomic E-state index is 10.9. The topological polar surface area (TPSA) is 61.8 Å². The summed E-state index contributed by atoms with van der Waals surface area (Å²) >= 11 is 0. The number of hydrogen-bond acceptors (Lipinski definition) is 5. The van der Waals surface area contributed by atoms with E-state index >= 15 is 0 Å². The van der Waals surface area contributed by atoms with Gasteiger partial charge in [-0.25, -0.2) is 4.79 Å². The lowest BCUT2D eigenvalue weighted by atomic mass is 10.2. The van der Waals surface area contributed by atoms with Crippen LogP contribution in [-0.4, -0.2) is 24.8 Å². The maximum atomic E-state index is 10.9. The van der Waals surface area contributed by atoms with Gasteiger partial charge in [0.1, 0.15) is 5.76 Å². The van der Waals surface area contributed by atoms with Crippen LogP contribution in [0.4, 0.5) is 4.79 Å². The fourth-order valence-electron chi connectivity index (χ4n) is 1.23. The molecule has 1 aliphatic heterocycles. The number of ether oxygens (including phenoxy) is 3. The summed E-state index contributed by atoms with van der Waals surface area (Å²) in [5.41, 5.74) is 0. The number of hydrogen-bond donors (Lipinski definition) is 0. The molecule has 5 nitrogen and oxygen atoms in total. The molecule has 1 heterocycles. The molecule has 0 radical (unpaired) electrons. The van der Waals surface area contributed by atoms with Crippen molar-refractivity contribution >= 4 is 12.1 Å². The monoisotopic (exact) mass is 226 g/mol. The standard InChI is InChI=1S/C11H14O5/c1-3-5-10(12)14-7-4-6-9-8(2)15-11(13)16-9/h3,9H,1-2,4-7H2. The SMILES string of the molecule is C=CCC(=O)OCCCC1OC(=O)OC1=C. The molecule has 16 heavy (non-hydrogen) atoms. The summed E-state index contributed by atoms with van der Waals surface area (Å²) in [4.78, 5) is 21.6. The third-order valence-electron chi connectivity index (χ3n) is 2.00. The zero-order chi connectivity index (χ0) is 12.0. The van der Waals surface area contributed by atoms with Crippen molar-refractivity contribution in [1.29, 1.82) is 0 Å². The second-order valence-corrected chi connectivity index (χ2v) is 3.28. The van der Waals surface area contributed by atoms with Gasteiger partial charge in [-0.05, 0) is 12.8 Å². The summed E-state index contributed by atoms with van der Waals surface area (Å²) in [6.07, 6.45) is 1.66. The van der Waals surface area contributed by atoms with Crippen molar-refractivity contribution in [2.45, 2.75) is 25.4 Å². The van der Waals surface area contributed by atoms with Gasteiger partial charge in [-0.3, -0.25) is 4.79 Å². The Morgan fingerprint density at radius 3 is 2.88 bits per heavy atom. The first-order chi connectivity index (χ1) is 7.63. The molecule has 0 aromatic carbocycles. The summed E-state index contributed by atoms with van der Waals surface area (Å²) < 4.78 is 14.3. The van der Waals surface area contributed by atoms with Gasteiger partial charge in [0.25, 0.3) is 0 Å². The molecule has 1 saturated heterocycles. The van der Waals surface area contributed by atoms with Gasteiger partial charge in [0, 0.05) is 0 Å². The van der Waals surface area contributed by atoms with Gasteiger partial charge in [-0.1, -0.05) is 12.7 Å². The molecule has 0 spiro atoms. The fraction of sp³-hybridized carbons (Fsp3) is 0.455. The third kappa shape index (κ3) is 3.76. The van der Waals surface area contributed by atoms with E-state index in [-0.39, 0.29) is 19.0 Å². The van der Waals surface area contributed by atoms with Crippen molar-refractivity contribution < 1.29 is 23.8 Å². The maximum Gasteiger partial charge on any atom is 0.514 e. The van der Waals surface area contributed by atoms with Gasteiger partial charge in [-0.15, -0.1) is 6.58 Å². The van der Waals surface area contributed by atoms with Gasteiger partial charge >= 0.3 is 12.1 Å². The van der Waals surface area contributed by atoms with Crippen molar-refractivity contribution in [2.75, 3.05) is 6.61 Å². The predicted octanol–water partition coefficient (Wildman–Crippen LogP) is 1.93. The summed E-state index contributed by atoms with van der Waals surface area (Å²) in [6.45, 7) is 7.25. The second-order valence-electron chi connectivity index (χ2n) is 3.28. The Balaban J connectivity index is 2.11. The van der Waals surface area contributed by atoms with E-state index in [1.165, 1.54) is 6.08 Å². The summed E-state index contributed by atoms with van der Waals surface area (Å²) in [5.74, 6) is -0.00379. The normalized spacial score (nSPS) is 18.9. The lowest BCUT2D eigenvalue weighted by molar-refractivity contribution is -0.142. The fourth-order valence-corrected chi connectivity index (χ4v) is 1.23. The third-order valence-corrected chi connectivity index (χ3v) is 2.00. The molecule has 0 aromatic rings. The van der Waals surface area contributed by atoms with Crippen LogP contribution in [0.3, 0.4) is 0 Å². The Morgan fingerprint density at radius 1 is 1.56 bits per heavy atom. The van der Waals surface area contributed by atoms with Gasteiger partial charge in [0.2, 0.25) is 0 Å². The predicted molar refractivity (Wildman–Crippen MR) is 55.5 cm³/mol. The van der Waals surface area contributed by atoms with Crippen molar-refractivity contribution in [2.24, 2.45) is 0 Å². The number of carbonyl (C=O) groups excluding carboxylic acids is 2. The van der Waals surface area contributed by atoms with E-state index in [1.54, 1.807) is 0 Å². The molecule has 1 aliphatic rings.